The van der Waals surface area contributed by atoms with Crippen molar-refractivity contribution >= 4 is 30.4 Å². The third kappa shape index (κ3) is 12.4. The van der Waals surface area contributed by atoms with Crippen molar-refractivity contribution in [2.24, 2.45) is 0 Å². The van der Waals surface area contributed by atoms with Crippen LogP contribution in [-0.2, 0) is 30.4 Å². The Balaban J connectivity index is 0.000000429. The van der Waals surface area contributed by atoms with Crippen molar-refractivity contribution in [3.05, 3.63) is 91.0 Å². The van der Waals surface area contributed by atoms with Gasteiger partial charge < -0.3 is 13.7 Å². The molecule has 3 aromatic rings. The first-order chi connectivity index (χ1) is 13.8. The van der Waals surface area contributed by atoms with Gasteiger partial charge in [0.2, 0.25) is 0 Å². The summed E-state index contributed by atoms with van der Waals surface area (Å²) in [6.45, 7) is 0. The molecule has 0 aliphatic rings. The summed E-state index contributed by atoms with van der Waals surface area (Å²) in [6, 6.07) is 21.6. The standard InChI is InChI=1S/3C6H6O3S.Ce/c3*7-10(8,9)6-4-2-1-3-5-6;/h3*1-5H,(H,7,8,9);/q;;;+3/p-3. The van der Waals surface area contributed by atoms with Crippen LogP contribution >= 0.6 is 0 Å². The van der Waals surface area contributed by atoms with Crippen molar-refractivity contribution in [3.8, 4) is 0 Å². The molecule has 0 bridgehead atoms. The molecule has 9 nitrogen and oxygen atoms in total. The first kappa shape index (κ1) is 29.8. The molecule has 0 N–H and O–H groups in total. The molecule has 163 valence electrons. The van der Waals surface area contributed by atoms with Gasteiger partial charge >= 0.3 is 41.7 Å². The molecule has 0 aliphatic carbocycles. The van der Waals surface area contributed by atoms with Crippen LogP contribution in [0.4, 0.5) is 0 Å². The van der Waals surface area contributed by atoms with Gasteiger partial charge in [0.15, 0.2) is 0 Å². The van der Waals surface area contributed by atoms with Gasteiger partial charge in [-0.25, -0.2) is 25.3 Å². The summed E-state index contributed by atoms with van der Waals surface area (Å²) in [4.78, 5) is -0.556. The monoisotopic (exact) mass is 611 g/mol. The smallest absolute Gasteiger partial charge is 0.744 e. The van der Waals surface area contributed by atoms with E-state index in [9.17, 15) is 38.9 Å². The Morgan fingerprint density at radius 3 is 0.645 bits per heavy atom. The van der Waals surface area contributed by atoms with Crippen molar-refractivity contribution in [3.63, 3.8) is 0 Å². The van der Waals surface area contributed by atoms with E-state index in [1.54, 1.807) is 18.2 Å². The fourth-order valence-corrected chi connectivity index (χ4v) is 3.23. The van der Waals surface area contributed by atoms with E-state index in [0.29, 0.717) is 0 Å². The zero-order valence-electron chi connectivity index (χ0n) is 15.6. The Hall–Kier alpha value is -1.23. The molecule has 31 heavy (non-hydrogen) atoms. The van der Waals surface area contributed by atoms with Gasteiger partial charge in [-0.2, -0.15) is 0 Å². The maximum atomic E-state index is 10.3. The van der Waals surface area contributed by atoms with Crippen LogP contribution in [0, 0.1) is 41.7 Å². The summed E-state index contributed by atoms with van der Waals surface area (Å²) in [5.74, 6) is 0. The third-order valence-electron chi connectivity index (χ3n) is 3.10. The molecule has 0 spiro atoms. The van der Waals surface area contributed by atoms with E-state index in [4.69, 9.17) is 0 Å². The molecule has 3 rings (SSSR count). The first-order valence-electron chi connectivity index (χ1n) is 7.84. The molecule has 0 amide bonds. The normalized spacial score (nSPS) is 10.9. The van der Waals surface area contributed by atoms with E-state index in [2.05, 4.69) is 0 Å². The van der Waals surface area contributed by atoms with Gasteiger partial charge in [-0.15, -0.1) is 0 Å². The minimum absolute atomic E-state index is 0. The second-order valence-corrected chi connectivity index (χ2v) is 9.44. The maximum absolute atomic E-state index is 10.3. The van der Waals surface area contributed by atoms with Gasteiger partial charge in [-0.3, -0.25) is 0 Å². The molecule has 3 aromatic carbocycles. The molecular formula is C18H15CeO9S3. The summed E-state index contributed by atoms with van der Waals surface area (Å²) >= 11 is 0. The summed E-state index contributed by atoms with van der Waals surface area (Å²) in [7, 11) is -12.8. The first-order valence-corrected chi connectivity index (χ1v) is 12.1. The molecule has 0 aromatic heterocycles. The Bertz CT molecular complexity index is 1070. The minimum atomic E-state index is -4.25. The van der Waals surface area contributed by atoms with Crippen LogP contribution in [0.15, 0.2) is 106 Å². The van der Waals surface area contributed by atoms with Crippen LogP contribution in [-0.4, -0.2) is 38.9 Å². The Kier molecular flexibility index (Phi) is 12.8. The zero-order chi connectivity index (χ0) is 22.8. The van der Waals surface area contributed by atoms with Gasteiger partial charge in [-0.05, 0) is 36.4 Å². The Morgan fingerprint density at radius 2 is 0.548 bits per heavy atom. The second-order valence-electron chi connectivity index (χ2n) is 5.30. The fourth-order valence-electron chi connectivity index (χ4n) is 1.76. The third-order valence-corrected chi connectivity index (χ3v) is 5.64. The van der Waals surface area contributed by atoms with Crippen LogP contribution in [0.3, 0.4) is 0 Å². The van der Waals surface area contributed by atoms with Gasteiger partial charge in [0, 0.05) is 0 Å². The van der Waals surface area contributed by atoms with Crippen LogP contribution in [0.5, 0.6) is 0 Å². The van der Waals surface area contributed by atoms with Crippen LogP contribution in [0.25, 0.3) is 0 Å². The molecule has 0 fully saturated rings. The zero-order valence-corrected chi connectivity index (χ0v) is 21.1. The van der Waals surface area contributed by atoms with Gasteiger partial charge in [0.1, 0.15) is 30.4 Å². The minimum Gasteiger partial charge on any atom is -0.744 e. The largest absolute Gasteiger partial charge is 3.00 e. The van der Waals surface area contributed by atoms with E-state index in [-0.39, 0.29) is 56.4 Å². The molecule has 13 heteroatoms. The Morgan fingerprint density at radius 1 is 0.387 bits per heavy atom. The van der Waals surface area contributed by atoms with Crippen LogP contribution in [0.2, 0.25) is 0 Å². The van der Waals surface area contributed by atoms with Gasteiger partial charge in [0.25, 0.3) is 0 Å². The average molecular weight is 612 g/mol. The van der Waals surface area contributed by atoms with E-state index >= 15 is 0 Å². The molecule has 0 aliphatic heterocycles. The van der Waals surface area contributed by atoms with E-state index in [1.807, 2.05) is 0 Å². The number of hydrogen-bond acceptors (Lipinski definition) is 9. The molecule has 0 unspecified atom stereocenters. The van der Waals surface area contributed by atoms with E-state index in [1.165, 1.54) is 72.8 Å². The summed E-state index contributed by atoms with van der Waals surface area (Å²) in [5, 5.41) is 0. The molecular weight excluding hydrogens is 597 g/mol. The number of rotatable bonds is 3. The topological polar surface area (TPSA) is 172 Å². The van der Waals surface area contributed by atoms with Crippen molar-refractivity contribution in [2.75, 3.05) is 0 Å². The quantitative estimate of drug-likeness (QED) is 0.400. The Labute approximate surface area is 214 Å². The van der Waals surface area contributed by atoms with E-state index < -0.39 is 30.4 Å². The second kappa shape index (κ2) is 13.3. The van der Waals surface area contributed by atoms with Crippen LogP contribution < -0.4 is 0 Å². The van der Waals surface area contributed by atoms with Crippen molar-refractivity contribution in [1.82, 2.24) is 0 Å². The van der Waals surface area contributed by atoms with Gasteiger partial charge in [0.05, 0.1) is 14.7 Å². The summed E-state index contributed by atoms with van der Waals surface area (Å²) < 4.78 is 92.5. The molecule has 0 heterocycles. The average Bonchev–Trinajstić information content (AvgIpc) is 2.69. The molecule has 1 radical (unpaired) electrons. The number of benzene rings is 3. The summed E-state index contributed by atoms with van der Waals surface area (Å²) in [6.07, 6.45) is 0. The van der Waals surface area contributed by atoms with Gasteiger partial charge in [-0.1, -0.05) is 54.6 Å². The molecule has 0 atom stereocenters. The van der Waals surface area contributed by atoms with Crippen molar-refractivity contribution in [1.29, 1.82) is 0 Å². The SMILES string of the molecule is O=S(=O)([O-])c1ccccc1.O=S(=O)([O-])c1ccccc1.O=S(=O)([O-])c1ccccc1.[Ce+3]. The van der Waals surface area contributed by atoms with E-state index in [0.717, 1.165) is 0 Å². The maximum Gasteiger partial charge on any atom is 3.00 e. The molecule has 0 saturated carbocycles. The van der Waals surface area contributed by atoms with Crippen molar-refractivity contribution in [2.45, 2.75) is 14.7 Å². The predicted octanol–water partition coefficient (Wildman–Crippen LogP) is 1.77. The van der Waals surface area contributed by atoms with Crippen LogP contribution in [0.1, 0.15) is 0 Å². The fraction of sp³-hybridized carbons (Fsp3) is 0. The number of hydrogen-bond donors (Lipinski definition) is 0. The van der Waals surface area contributed by atoms with Crippen molar-refractivity contribution < 1.29 is 80.7 Å². The molecule has 0 saturated heterocycles. The summed E-state index contributed by atoms with van der Waals surface area (Å²) in [5.41, 5.74) is 0. The predicted molar refractivity (Wildman–Crippen MR) is 103 cm³/mol.